The second kappa shape index (κ2) is 5.69. The van der Waals surface area contributed by atoms with Crippen LogP contribution in [0.3, 0.4) is 0 Å². The number of hydrogen-bond donors (Lipinski definition) is 1. The van der Waals surface area contributed by atoms with Gasteiger partial charge in [-0.3, -0.25) is 0 Å². The van der Waals surface area contributed by atoms with Gasteiger partial charge in [-0.05, 0) is 11.6 Å². The van der Waals surface area contributed by atoms with Crippen molar-refractivity contribution in [1.29, 1.82) is 0 Å². The third-order valence-corrected chi connectivity index (χ3v) is 3.17. The molecular formula is C16H12N2O4. The summed E-state index contributed by atoms with van der Waals surface area (Å²) in [6, 6.07) is 15.8. The fourth-order valence-corrected chi connectivity index (χ4v) is 2.14. The molecule has 6 nitrogen and oxygen atoms in total. The van der Waals surface area contributed by atoms with Gasteiger partial charge in [-0.15, -0.1) is 0 Å². The van der Waals surface area contributed by atoms with Crippen LogP contribution in [0.2, 0.25) is 0 Å². The number of rotatable bonds is 3. The van der Waals surface area contributed by atoms with Gasteiger partial charge in [0.1, 0.15) is 6.61 Å². The molecule has 1 aromatic heterocycles. The van der Waals surface area contributed by atoms with Crippen molar-refractivity contribution in [3.05, 3.63) is 65.9 Å². The van der Waals surface area contributed by atoms with Crippen LogP contribution in [0.4, 0.5) is 4.79 Å². The Hall–Kier alpha value is -3.15. The Morgan fingerprint density at radius 3 is 2.45 bits per heavy atom. The summed E-state index contributed by atoms with van der Waals surface area (Å²) in [5.74, 6) is -1.19. The molecule has 0 unspecified atom stereocenters. The average molecular weight is 296 g/mol. The molecule has 0 fully saturated rings. The van der Waals surface area contributed by atoms with Gasteiger partial charge in [-0.2, -0.15) is 9.78 Å². The van der Waals surface area contributed by atoms with Gasteiger partial charge in [0, 0.05) is 5.39 Å². The topological polar surface area (TPSA) is 81.4 Å². The molecule has 0 aliphatic carbocycles. The van der Waals surface area contributed by atoms with E-state index in [0.717, 1.165) is 10.2 Å². The molecule has 3 aromatic rings. The number of para-hydroxylation sites is 1. The number of aromatic carboxylic acids is 1. The van der Waals surface area contributed by atoms with E-state index < -0.39 is 12.1 Å². The second-order valence-corrected chi connectivity index (χ2v) is 4.62. The maximum Gasteiger partial charge on any atom is 0.435 e. The van der Waals surface area contributed by atoms with Crippen molar-refractivity contribution in [3.63, 3.8) is 0 Å². The molecule has 0 aliphatic rings. The van der Waals surface area contributed by atoms with E-state index in [0.29, 0.717) is 10.9 Å². The van der Waals surface area contributed by atoms with Gasteiger partial charge >= 0.3 is 12.1 Å². The Labute approximate surface area is 125 Å². The quantitative estimate of drug-likeness (QED) is 0.803. The highest BCUT2D eigenvalue weighted by molar-refractivity contribution is 6.03. The molecule has 1 N–H and O–H groups in total. The summed E-state index contributed by atoms with van der Waals surface area (Å²) >= 11 is 0. The fourth-order valence-electron chi connectivity index (χ4n) is 2.14. The number of benzene rings is 2. The molecule has 22 heavy (non-hydrogen) atoms. The van der Waals surface area contributed by atoms with Crippen LogP contribution in [0.1, 0.15) is 16.1 Å². The summed E-state index contributed by atoms with van der Waals surface area (Å²) in [4.78, 5) is 23.4. The van der Waals surface area contributed by atoms with Crippen LogP contribution < -0.4 is 0 Å². The molecule has 0 aliphatic heterocycles. The van der Waals surface area contributed by atoms with E-state index in [1.807, 2.05) is 30.3 Å². The van der Waals surface area contributed by atoms with E-state index in [1.54, 1.807) is 24.3 Å². The number of carbonyl (C=O) groups excluding carboxylic acids is 1. The first-order valence-electron chi connectivity index (χ1n) is 6.59. The Balaban J connectivity index is 1.89. The van der Waals surface area contributed by atoms with Crippen LogP contribution in [0, 0.1) is 0 Å². The Morgan fingerprint density at radius 1 is 1.05 bits per heavy atom. The smallest absolute Gasteiger partial charge is 0.435 e. The molecule has 3 rings (SSSR count). The van der Waals surface area contributed by atoms with Crippen molar-refractivity contribution in [1.82, 2.24) is 9.78 Å². The Morgan fingerprint density at radius 2 is 1.73 bits per heavy atom. The molecule has 110 valence electrons. The van der Waals surface area contributed by atoms with Crippen LogP contribution in [0.15, 0.2) is 54.6 Å². The maximum atomic E-state index is 12.2. The number of aromatic nitrogens is 2. The Bertz CT molecular complexity index is 840. The third-order valence-electron chi connectivity index (χ3n) is 3.17. The van der Waals surface area contributed by atoms with Crippen molar-refractivity contribution in [3.8, 4) is 0 Å². The first-order chi connectivity index (χ1) is 10.7. The van der Waals surface area contributed by atoms with E-state index in [2.05, 4.69) is 5.10 Å². The zero-order valence-electron chi connectivity index (χ0n) is 11.5. The van der Waals surface area contributed by atoms with Crippen LogP contribution >= 0.6 is 0 Å². The molecule has 0 radical (unpaired) electrons. The van der Waals surface area contributed by atoms with Crippen LogP contribution in [-0.4, -0.2) is 26.9 Å². The predicted octanol–water partition coefficient (Wildman–Crippen LogP) is 2.92. The van der Waals surface area contributed by atoms with Gasteiger partial charge in [0.15, 0.2) is 5.69 Å². The Kier molecular flexibility index (Phi) is 3.57. The van der Waals surface area contributed by atoms with E-state index in [1.165, 1.54) is 0 Å². The van der Waals surface area contributed by atoms with E-state index in [9.17, 15) is 9.59 Å². The van der Waals surface area contributed by atoms with Crippen molar-refractivity contribution in [2.24, 2.45) is 0 Å². The summed E-state index contributed by atoms with van der Waals surface area (Å²) in [7, 11) is 0. The predicted molar refractivity (Wildman–Crippen MR) is 78.7 cm³/mol. The lowest BCUT2D eigenvalue weighted by atomic mass is 10.2. The first-order valence-corrected chi connectivity index (χ1v) is 6.59. The van der Waals surface area contributed by atoms with Crippen molar-refractivity contribution in [2.75, 3.05) is 0 Å². The lowest BCUT2D eigenvalue weighted by Crippen LogP contribution is -2.15. The number of ether oxygens (including phenoxy) is 1. The largest absolute Gasteiger partial charge is 0.476 e. The first kappa shape index (κ1) is 13.8. The number of hydrogen-bond acceptors (Lipinski definition) is 4. The molecule has 0 saturated carbocycles. The number of carboxylic acid groups (broad SMARTS) is 1. The molecule has 1 heterocycles. The molecule has 0 spiro atoms. The molecule has 6 heteroatoms. The van der Waals surface area contributed by atoms with Gasteiger partial charge in [-0.25, -0.2) is 9.59 Å². The molecule has 0 bridgehead atoms. The van der Waals surface area contributed by atoms with Gasteiger partial charge < -0.3 is 9.84 Å². The summed E-state index contributed by atoms with van der Waals surface area (Å²) < 4.78 is 6.16. The zero-order valence-corrected chi connectivity index (χ0v) is 11.5. The lowest BCUT2D eigenvalue weighted by molar-refractivity contribution is 0.0691. The standard InChI is InChI=1S/C16H12N2O4/c19-15(20)14-12-8-4-5-9-13(12)18(17-14)16(21)22-10-11-6-2-1-3-7-11/h1-9H,10H2,(H,19,20). The second-order valence-electron chi connectivity index (χ2n) is 4.62. The van der Waals surface area contributed by atoms with Gasteiger partial charge in [0.05, 0.1) is 5.52 Å². The van der Waals surface area contributed by atoms with Gasteiger partial charge in [-0.1, -0.05) is 48.5 Å². The minimum absolute atomic E-state index is 0.0935. The van der Waals surface area contributed by atoms with Crippen LogP contribution in [-0.2, 0) is 11.3 Å². The molecular weight excluding hydrogens is 284 g/mol. The highest BCUT2D eigenvalue weighted by atomic mass is 16.6. The van der Waals surface area contributed by atoms with Gasteiger partial charge in [0.25, 0.3) is 0 Å². The summed E-state index contributed by atoms with van der Waals surface area (Å²) in [5.41, 5.74) is 1.07. The van der Waals surface area contributed by atoms with E-state index in [-0.39, 0.29) is 12.3 Å². The lowest BCUT2D eigenvalue weighted by Gasteiger charge is -2.05. The molecule has 0 amide bonds. The van der Waals surface area contributed by atoms with Crippen LogP contribution in [0.25, 0.3) is 10.9 Å². The highest BCUT2D eigenvalue weighted by Gasteiger charge is 2.20. The van der Waals surface area contributed by atoms with Crippen LogP contribution in [0.5, 0.6) is 0 Å². The monoisotopic (exact) mass is 296 g/mol. The van der Waals surface area contributed by atoms with E-state index >= 15 is 0 Å². The molecule has 0 atom stereocenters. The van der Waals surface area contributed by atoms with Crippen molar-refractivity contribution in [2.45, 2.75) is 6.61 Å². The third kappa shape index (κ3) is 2.54. The fraction of sp³-hybridized carbons (Fsp3) is 0.0625. The SMILES string of the molecule is O=C(O)c1nn(C(=O)OCc2ccccc2)c2ccccc12. The minimum atomic E-state index is -1.19. The normalized spacial score (nSPS) is 10.5. The minimum Gasteiger partial charge on any atom is -0.476 e. The average Bonchev–Trinajstić information content (AvgIpc) is 2.93. The number of nitrogens with zero attached hydrogens (tertiary/aromatic N) is 2. The maximum absolute atomic E-state index is 12.2. The molecule has 2 aromatic carbocycles. The number of carbonyl (C=O) groups is 2. The van der Waals surface area contributed by atoms with Gasteiger partial charge in [0.2, 0.25) is 0 Å². The van der Waals surface area contributed by atoms with Crippen molar-refractivity contribution < 1.29 is 19.4 Å². The van der Waals surface area contributed by atoms with E-state index in [4.69, 9.17) is 9.84 Å². The number of carboxylic acids is 1. The summed E-state index contributed by atoms with van der Waals surface area (Å²) in [5, 5.41) is 13.4. The summed E-state index contributed by atoms with van der Waals surface area (Å²) in [6.45, 7) is 0.0935. The highest BCUT2D eigenvalue weighted by Crippen LogP contribution is 2.18. The van der Waals surface area contributed by atoms with Crippen molar-refractivity contribution >= 4 is 23.0 Å². The molecule has 0 saturated heterocycles. The zero-order chi connectivity index (χ0) is 15.5. The summed E-state index contributed by atoms with van der Waals surface area (Å²) in [6.07, 6.45) is -0.715. The number of fused-ring (bicyclic) bond motifs is 1.